The van der Waals surface area contributed by atoms with Gasteiger partial charge in [0, 0.05) is 11.9 Å². The summed E-state index contributed by atoms with van der Waals surface area (Å²) in [5.74, 6) is -0.164. The van der Waals surface area contributed by atoms with Crippen molar-refractivity contribution in [1.29, 1.82) is 0 Å². The van der Waals surface area contributed by atoms with Crippen molar-refractivity contribution in [2.45, 2.75) is 31.1 Å². The van der Waals surface area contributed by atoms with Crippen LogP contribution in [0, 0.1) is 0 Å². The average molecular weight is 355 g/mol. The monoisotopic (exact) mass is 355 g/mol. The maximum Gasteiger partial charge on any atom is 0.433 e. The Bertz CT molecular complexity index is 720. The van der Waals surface area contributed by atoms with Crippen LogP contribution in [0.3, 0.4) is 0 Å². The number of hydrogen-bond donors (Lipinski definition) is 1. The van der Waals surface area contributed by atoms with Crippen molar-refractivity contribution in [3.8, 4) is 0 Å². The first-order valence-electron chi connectivity index (χ1n) is 7.19. The third-order valence-electron chi connectivity index (χ3n) is 3.11. The van der Waals surface area contributed by atoms with Gasteiger partial charge in [0.2, 0.25) is 5.91 Å². The van der Waals surface area contributed by atoms with Crippen LogP contribution in [-0.4, -0.2) is 21.6 Å². The number of aromatic nitrogens is 2. The Balaban J connectivity index is 2.00. The standard InChI is InChI=1S/C16H16F3N3OS/c1-10(2)11-5-3-4-6-12(11)21-14(23)9-24-15-20-8-7-13(22-15)16(17,18)19/h3-8,10H,9H2,1-2H3,(H,21,23). The minimum atomic E-state index is -4.53. The second-order valence-electron chi connectivity index (χ2n) is 5.30. The molecule has 0 aliphatic heterocycles. The van der Waals surface area contributed by atoms with E-state index in [-0.39, 0.29) is 22.7 Å². The van der Waals surface area contributed by atoms with Gasteiger partial charge in [-0.15, -0.1) is 0 Å². The number of carbonyl (C=O) groups is 1. The molecule has 8 heteroatoms. The van der Waals surface area contributed by atoms with Gasteiger partial charge in [0.05, 0.1) is 5.75 Å². The quantitative estimate of drug-likeness (QED) is 0.640. The van der Waals surface area contributed by atoms with Gasteiger partial charge in [0.1, 0.15) is 5.69 Å². The van der Waals surface area contributed by atoms with Gasteiger partial charge in [-0.05, 0) is 23.6 Å². The topological polar surface area (TPSA) is 54.9 Å². The molecule has 0 spiro atoms. The Morgan fingerprint density at radius 3 is 2.62 bits per heavy atom. The van der Waals surface area contributed by atoms with Gasteiger partial charge < -0.3 is 5.32 Å². The molecule has 0 radical (unpaired) electrons. The lowest BCUT2D eigenvalue weighted by Gasteiger charge is -2.13. The molecule has 0 fully saturated rings. The molecule has 0 atom stereocenters. The number of carbonyl (C=O) groups excluding carboxylic acids is 1. The van der Waals surface area contributed by atoms with Crippen molar-refractivity contribution in [2.24, 2.45) is 0 Å². The number of thioether (sulfide) groups is 1. The predicted octanol–water partition coefficient (Wildman–Crippen LogP) is 4.35. The van der Waals surface area contributed by atoms with Gasteiger partial charge in [0.15, 0.2) is 5.16 Å². The smallest absolute Gasteiger partial charge is 0.325 e. The number of anilines is 1. The lowest BCUT2D eigenvalue weighted by atomic mass is 10.0. The number of hydrogen-bond acceptors (Lipinski definition) is 4. The van der Waals surface area contributed by atoms with Gasteiger partial charge in [-0.25, -0.2) is 9.97 Å². The van der Waals surface area contributed by atoms with Crippen molar-refractivity contribution < 1.29 is 18.0 Å². The van der Waals surface area contributed by atoms with Crippen molar-refractivity contribution in [2.75, 3.05) is 11.1 Å². The summed E-state index contributed by atoms with van der Waals surface area (Å²) in [7, 11) is 0. The number of halogens is 3. The normalized spacial score (nSPS) is 11.6. The number of nitrogens with zero attached hydrogens (tertiary/aromatic N) is 2. The fourth-order valence-corrected chi connectivity index (χ4v) is 2.63. The second-order valence-corrected chi connectivity index (χ2v) is 6.24. The molecule has 2 aromatic rings. The molecule has 1 N–H and O–H groups in total. The van der Waals surface area contributed by atoms with Crippen LogP contribution in [0.4, 0.5) is 18.9 Å². The summed E-state index contributed by atoms with van der Waals surface area (Å²) in [4.78, 5) is 19.2. The molecule has 4 nitrogen and oxygen atoms in total. The zero-order chi connectivity index (χ0) is 17.7. The zero-order valence-electron chi connectivity index (χ0n) is 13.1. The summed E-state index contributed by atoms with van der Waals surface area (Å²) in [5.41, 5.74) is 0.666. The van der Waals surface area contributed by atoms with Crippen LogP contribution in [0.15, 0.2) is 41.7 Å². The molecule has 0 saturated heterocycles. The fraction of sp³-hybridized carbons (Fsp3) is 0.312. The van der Waals surface area contributed by atoms with E-state index < -0.39 is 11.9 Å². The Morgan fingerprint density at radius 1 is 1.25 bits per heavy atom. The third-order valence-corrected chi connectivity index (χ3v) is 3.97. The molecule has 1 aromatic heterocycles. The highest BCUT2D eigenvalue weighted by molar-refractivity contribution is 7.99. The van der Waals surface area contributed by atoms with Crippen LogP contribution in [0.25, 0.3) is 0 Å². The summed E-state index contributed by atoms with van der Waals surface area (Å²) in [6, 6.07) is 8.20. The first-order chi connectivity index (χ1) is 11.3. The molecular formula is C16H16F3N3OS. The van der Waals surface area contributed by atoms with Crippen LogP contribution in [0.1, 0.15) is 31.0 Å². The first-order valence-corrected chi connectivity index (χ1v) is 8.17. The average Bonchev–Trinajstić information content (AvgIpc) is 2.53. The van der Waals surface area contributed by atoms with E-state index >= 15 is 0 Å². The predicted molar refractivity (Wildman–Crippen MR) is 86.9 cm³/mol. The Kier molecular flexibility index (Phi) is 5.82. The molecule has 2 rings (SSSR count). The summed E-state index contributed by atoms with van der Waals surface area (Å²) >= 11 is 0.858. The highest BCUT2D eigenvalue weighted by Crippen LogP contribution is 2.28. The molecule has 0 bridgehead atoms. The van der Waals surface area contributed by atoms with Gasteiger partial charge in [-0.3, -0.25) is 4.79 Å². The van der Waals surface area contributed by atoms with Crippen LogP contribution in [0.2, 0.25) is 0 Å². The summed E-state index contributed by atoms with van der Waals surface area (Å²) in [6.07, 6.45) is -3.50. The molecule has 24 heavy (non-hydrogen) atoms. The van der Waals surface area contributed by atoms with Gasteiger partial charge >= 0.3 is 6.18 Å². The molecule has 1 aromatic carbocycles. The van der Waals surface area contributed by atoms with E-state index in [1.807, 2.05) is 32.0 Å². The van der Waals surface area contributed by atoms with Crippen molar-refractivity contribution in [1.82, 2.24) is 9.97 Å². The molecule has 0 aliphatic rings. The summed E-state index contributed by atoms with van der Waals surface area (Å²) < 4.78 is 37.8. The zero-order valence-corrected chi connectivity index (χ0v) is 13.9. The molecule has 128 valence electrons. The van der Waals surface area contributed by atoms with E-state index in [0.717, 1.165) is 29.6 Å². The third kappa shape index (κ3) is 4.95. The second kappa shape index (κ2) is 7.65. The molecular weight excluding hydrogens is 339 g/mol. The molecule has 1 heterocycles. The molecule has 1 amide bonds. The first kappa shape index (κ1) is 18.3. The number of alkyl halides is 3. The number of amides is 1. The highest BCUT2D eigenvalue weighted by atomic mass is 32.2. The SMILES string of the molecule is CC(C)c1ccccc1NC(=O)CSc1nccc(C(F)(F)F)n1. The number of nitrogens with one attached hydrogen (secondary N) is 1. The van der Waals surface area contributed by atoms with E-state index in [1.54, 1.807) is 6.07 Å². The van der Waals surface area contributed by atoms with Gasteiger partial charge in [-0.1, -0.05) is 43.8 Å². The highest BCUT2D eigenvalue weighted by Gasteiger charge is 2.32. The van der Waals surface area contributed by atoms with Gasteiger partial charge in [-0.2, -0.15) is 13.2 Å². The van der Waals surface area contributed by atoms with Crippen molar-refractivity contribution in [3.63, 3.8) is 0 Å². The van der Waals surface area contributed by atoms with E-state index in [9.17, 15) is 18.0 Å². The Labute approximate surface area is 141 Å². The summed E-state index contributed by atoms with van der Waals surface area (Å²) in [5, 5.41) is 2.68. The Hall–Kier alpha value is -2.09. The lowest BCUT2D eigenvalue weighted by Crippen LogP contribution is -2.16. The molecule has 0 saturated carbocycles. The summed E-state index contributed by atoms with van der Waals surface area (Å²) in [6.45, 7) is 4.02. The minimum Gasteiger partial charge on any atom is -0.325 e. The van der Waals surface area contributed by atoms with E-state index in [1.165, 1.54) is 0 Å². The van der Waals surface area contributed by atoms with Crippen LogP contribution in [0.5, 0.6) is 0 Å². The van der Waals surface area contributed by atoms with Crippen LogP contribution < -0.4 is 5.32 Å². The van der Waals surface area contributed by atoms with Crippen LogP contribution >= 0.6 is 11.8 Å². The minimum absolute atomic E-state index is 0.0757. The van der Waals surface area contributed by atoms with Gasteiger partial charge in [0.25, 0.3) is 0 Å². The van der Waals surface area contributed by atoms with E-state index in [0.29, 0.717) is 5.69 Å². The van der Waals surface area contributed by atoms with E-state index in [2.05, 4.69) is 15.3 Å². The van der Waals surface area contributed by atoms with Crippen molar-refractivity contribution in [3.05, 3.63) is 47.8 Å². The molecule has 0 aliphatic carbocycles. The number of para-hydroxylation sites is 1. The molecule has 0 unspecified atom stereocenters. The number of rotatable bonds is 5. The fourth-order valence-electron chi connectivity index (χ4n) is 2.00. The van der Waals surface area contributed by atoms with E-state index in [4.69, 9.17) is 0 Å². The van der Waals surface area contributed by atoms with Crippen molar-refractivity contribution >= 4 is 23.4 Å². The number of benzene rings is 1. The maximum atomic E-state index is 12.6. The van der Waals surface area contributed by atoms with Crippen LogP contribution in [-0.2, 0) is 11.0 Å². The largest absolute Gasteiger partial charge is 0.433 e. The maximum absolute atomic E-state index is 12.6. The lowest BCUT2D eigenvalue weighted by molar-refractivity contribution is -0.141. The Morgan fingerprint density at radius 2 is 1.96 bits per heavy atom.